The van der Waals surface area contributed by atoms with Gasteiger partial charge in [-0.3, -0.25) is 0 Å². The summed E-state index contributed by atoms with van der Waals surface area (Å²) in [5, 5.41) is 132. The first-order valence-corrected chi connectivity index (χ1v) is 14.0. The maximum Gasteiger partial charge on any atom is 0.335 e. The van der Waals surface area contributed by atoms with Crippen molar-refractivity contribution in [3.05, 3.63) is 0 Å². The van der Waals surface area contributed by atoms with Gasteiger partial charge < -0.3 is 99.5 Å². The number of aliphatic hydroxyl groups excluding tert-OH is 12. The van der Waals surface area contributed by atoms with Crippen LogP contribution in [0.25, 0.3) is 0 Å². The lowest BCUT2D eigenvalue weighted by molar-refractivity contribution is -0.384. The van der Waals surface area contributed by atoms with Gasteiger partial charge in [-0.25, -0.2) is 4.79 Å². The molecule has 0 saturated carbocycles. The Labute approximate surface area is 253 Å². The van der Waals surface area contributed by atoms with Gasteiger partial charge in [0.05, 0.1) is 19.3 Å². The Hall–Kier alpha value is -1.29. The summed E-state index contributed by atoms with van der Waals surface area (Å²) >= 11 is 0. The van der Waals surface area contributed by atoms with Crippen molar-refractivity contribution in [2.45, 2.75) is 130 Å². The Morgan fingerprint density at radius 2 is 1.02 bits per heavy atom. The van der Waals surface area contributed by atoms with E-state index < -0.39 is 142 Å². The molecule has 20 atom stereocenters. The minimum absolute atomic E-state index is 0.779. The molecule has 0 bridgehead atoms. The summed E-state index contributed by atoms with van der Waals surface area (Å²) in [6.07, 6.45) is -36.0. The summed E-state index contributed by atoms with van der Waals surface area (Å²) in [4.78, 5) is 11.4. The molecule has 0 aromatic rings. The fourth-order valence-corrected chi connectivity index (χ4v) is 5.50. The molecule has 4 fully saturated rings. The minimum Gasteiger partial charge on any atom is -0.479 e. The molecule has 4 heterocycles. The predicted octanol–water partition coefficient (Wildman–Crippen LogP) is -8.63. The topological polar surface area (TPSA) is 345 Å². The molecular weight excluding hydrogens is 624 g/mol. The zero-order valence-electron chi connectivity index (χ0n) is 23.5. The van der Waals surface area contributed by atoms with Crippen LogP contribution in [0.5, 0.6) is 0 Å². The van der Waals surface area contributed by atoms with E-state index in [2.05, 4.69) is 0 Å². The largest absolute Gasteiger partial charge is 0.479 e. The van der Waals surface area contributed by atoms with Crippen molar-refractivity contribution in [2.24, 2.45) is 0 Å². The van der Waals surface area contributed by atoms with Gasteiger partial charge in [0.15, 0.2) is 31.3 Å². The van der Waals surface area contributed by atoms with Gasteiger partial charge in [0.1, 0.15) is 85.5 Å². The van der Waals surface area contributed by atoms with Gasteiger partial charge in [0, 0.05) is 0 Å². The molecule has 13 N–H and O–H groups in total. The number of rotatable bonds is 9. The zero-order chi connectivity index (χ0) is 33.5. The third-order valence-corrected chi connectivity index (χ3v) is 8.12. The summed E-state index contributed by atoms with van der Waals surface area (Å²) in [6, 6.07) is 0. The predicted molar refractivity (Wildman–Crippen MR) is 133 cm³/mol. The van der Waals surface area contributed by atoms with Crippen LogP contribution in [0.4, 0.5) is 0 Å². The molecule has 21 nitrogen and oxygen atoms in total. The van der Waals surface area contributed by atoms with Gasteiger partial charge in [-0.2, -0.15) is 0 Å². The Balaban J connectivity index is 1.41. The number of aliphatic hydroxyl groups is 12. The number of carbonyl (C=O) groups is 1. The molecule has 0 aromatic heterocycles. The van der Waals surface area contributed by atoms with E-state index in [1.807, 2.05) is 0 Å². The molecule has 0 spiro atoms. The van der Waals surface area contributed by atoms with E-state index in [0.717, 1.165) is 0 Å². The van der Waals surface area contributed by atoms with Crippen LogP contribution < -0.4 is 0 Å². The highest BCUT2D eigenvalue weighted by atomic mass is 16.8. The molecule has 45 heavy (non-hydrogen) atoms. The van der Waals surface area contributed by atoms with Crippen molar-refractivity contribution in [1.29, 1.82) is 0 Å². The van der Waals surface area contributed by atoms with Crippen molar-refractivity contribution >= 4 is 5.97 Å². The third kappa shape index (κ3) is 7.26. The monoisotopic (exact) mass is 664 g/mol. The van der Waals surface area contributed by atoms with Crippen molar-refractivity contribution in [3.63, 3.8) is 0 Å². The van der Waals surface area contributed by atoms with Crippen molar-refractivity contribution < 1.29 is 104 Å². The number of aliphatic carboxylic acids is 1. The van der Waals surface area contributed by atoms with Crippen molar-refractivity contribution in [2.75, 3.05) is 13.2 Å². The Morgan fingerprint density at radius 3 is 1.60 bits per heavy atom. The van der Waals surface area contributed by atoms with Crippen LogP contribution in [0.3, 0.4) is 0 Å². The lowest BCUT2D eigenvalue weighted by atomic mass is 9.95. The van der Waals surface area contributed by atoms with Gasteiger partial charge in [-0.15, -0.1) is 0 Å². The maximum atomic E-state index is 11.4. The quantitative estimate of drug-likeness (QED) is 0.109. The molecule has 262 valence electrons. The first-order valence-electron chi connectivity index (χ1n) is 14.0. The molecule has 0 unspecified atom stereocenters. The second kappa shape index (κ2) is 14.9. The van der Waals surface area contributed by atoms with E-state index >= 15 is 0 Å². The van der Waals surface area contributed by atoms with Crippen LogP contribution in [0, 0.1) is 0 Å². The molecule has 4 aliphatic rings. The summed E-state index contributed by atoms with van der Waals surface area (Å²) in [6.45, 7) is -0.365. The molecule has 4 saturated heterocycles. The highest BCUT2D eigenvalue weighted by Crippen LogP contribution is 2.34. The van der Waals surface area contributed by atoms with Gasteiger partial charge in [-0.1, -0.05) is 0 Å². The van der Waals surface area contributed by atoms with E-state index in [0.29, 0.717) is 0 Å². The summed E-state index contributed by atoms with van der Waals surface area (Å²) in [5.41, 5.74) is 0. The van der Waals surface area contributed by atoms with Crippen molar-refractivity contribution in [3.8, 4) is 0 Å². The average molecular weight is 665 g/mol. The van der Waals surface area contributed by atoms with Crippen molar-refractivity contribution in [1.82, 2.24) is 0 Å². The number of hydrogen-bond donors (Lipinski definition) is 13. The fourth-order valence-electron chi connectivity index (χ4n) is 5.50. The highest BCUT2D eigenvalue weighted by molar-refractivity contribution is 5.73. The van der Waals surface area contributed by atoms with E-state index in [4.69, 9.17) is 33.2 Å². The lowest BCUT2D eigenvalue weighted by Gasteiger charge is -2.48. The van der Waals surface area contributed by atoms with Crippen LogP contribution in [0.1, 0.15) is 6.92 Å². The molecule has 4 rings (SSSR count). The second-order valence-electron chi connectivity index (χ2n) is 11.2. The SMILES string of the molecule is C[C@@H]1O[C@H](O[C@H]2[C@H](O)[C@@H](O)[C@H](O[C@@H]3[C@@H](O)[C@H](O)O[C@H](CO)[C@@H]3O)O[C@@H]2CO)[C@@H](O)[C@H](O)[C@@H]1O[C@@H]1O[C@H](C(=O)O)[C@@H](O)[C@H](O)[C@H]1O. The van der Waals surface area contributed by atoms with Gasteiger partial charge in [0.2, 0.25) is 0 Å². The van der Waals surface area contributed by atoms with Gasteiger partial charge >= 0.3 is 5.97 Å². The summed E-state index contributed by atoms with van der Waals surface area (Å²) in [5.74, 6) is -1.68. The van der Waals surface area contributed by atoms with Crippen LogP contribution in [-0.2, 0) is 38.0 Å². The fraction of sp³-hybridized carbons (Fsp3) is 0.958. The van der Waals surface area contributed by atoms with Crippen LogP contribution in [0.15, 0.2) is 0 Å². The molecule has 0 aliphatic carbocycles. The van der Waals surface area contributed by atoms with Gasteiger partial charge in [0.25, 0.3) is 0 Å². The van der Waals surface area contributed by atoms with E-state index in [1.165, 1.54) is 6.92 Å². The smallest absolute Gasteiger partial charge is 0.335 e. The number of hydrogen-bond acceptors (Lipinski definition) is 20. The molecular formula is C24H40O21. The van der Waals surface area contributed by atoms with Crippen LogP contribution in [-0.4, -0.2) is 208 Å². The molecule has 4 aliphatic heterocycles. The summed E-state index contributed by atoms with van der Waals surface area (Å²) in [7, 11) is 0. The Kier molecular flexibility index (Phi) is 12.1. The summed E-state index contributed by atoms with van der Waals surface area (Å²) < 4.78 is 37.3. The van der Waals surface area contributed by atoms with E-state index in [-0.39, 0.29) is 0 Å². The number of ether oxygens (including phenoxy) is 7. The normalized spacial score (nSPS) is 52.8. The molecule has 0 radical (unpaired) electrons. The first-order chi connectivity index (χ1) is 21.1. The Bertz CT molecular complexity index is 973. The standard InChI is InChI=1S/C24H40O21/c1-4-16(42-24-12(32)8(28)9(29)19(45-24)20(36)37)10(30)13(33)22(39-4)43-17-6(3-26)41-23(14(34)11(17)31)44-18-7(27)5(2-25)40-21(38)15(18)35/h4-19,21-35,38H,2-3H2,1H3,(H,36,37)/t4-,5+,6+,7-,8-,9-,10-,11+,12+,13-,14+,15+,16+,17+,18-,19-,21+,22+,23-,24+/m0/s1. The minimum atomic E-state index is -2.01. The molecule has 21 heteroatoms. The molecule has 0 amide bonds. The number of carboxylic acid groups (broad SMARTS) is 1. The molecule has 0 aromatic carbocycles. The maximum absolute atomic E-state index is 11.4. The average Bonchev–Trinajstić information content (AvgIpc) is 3.00. The zero-order valence-corrected chi connectivity index (χ0v) is 23.5. The highest BCUT2D eigenvalue weighted by Gasteiger charge is 2.55. The van der Waals surface area contributed by atoms with Crippen LogP contribution >= 0.6 is 0 Å². The van der Waals surface area contributed by atoms with Crippen LogP contribution in [0.2, 0.25) is 0 Å². The Morgan fingerprint density at radius 1 is 0.533 bits per heavy atom. The first kappa shape index (κ1) is 36.5. The van der Waals surface area contributed by atoms with Gasteiger partial charge in [-0.05, 0) is 6.92 Å². The lowest BCUT2D eigenvalue weighted by Crippen LogP contribution is -2.67. The third-order valence-electron chi connectivity index (χ3n) is 8.12. The van der Waals surface area contributed by atoms with E-state index in [1.54, 1.807) is 0 Å². The number of carboxylic acids is 1. The second-order valence-corrected chi connectivity index (χ2v) is 11.2. The van der Waals surface area contributed by atoms with E-state index in [9.17, 15) is 71.2 Å².